The molecule has 3 aliphatic rings. The van der Waals surface area contributed by atoms with Gasteiger partial charge in [0.05, 0.1) is 31.5 Å². The van der Waals surface area contributed by atoms with Crippen LogP contribution in [0.25, 0.3) is 0 Å². The van der Waals surface area contributed by atoms with Crippen molar-refractivity contribution >= 4 is 24.3 Å². The molecule has 178 valence electrons. The summed E-state index contributed by atoms with van der Waals surface area (Å²) >= 11 is 0. The Bertz CT molecular complexity index is 1150. The number of allylic oxidation sites excluding steroid dienone is 3. The number of hydrogen-bond acceptors (Lipinski definition) is 9. The molecule has 0 spiro atoms. The van der Waals surface area contributed by atoms with Gasteiger partial charge in [0.2, 0.25) is 6.61 Å². The first-order valence-corrected chi connectivity index (χ1v) is 10.5. The average Bonchev–Trinajstić information content (AvgIpc) is 3.39. The van der Waals surface area contributed by atoms with Gasteiger partial charge in [-0.05, 0) is 12.2 Å². The third-order valence-electron chi connectivity index (χ3n) is 5.47. The Labute approximate surface area is 194 Å². The van der Waals surface area contributed by atoms with Crippen molar-refractivity contribution < 1.29 is 32.8 Å². The predicted octanol–water partition coefficient (Wildman–Crippen LogP) is 0.684. The van der Waals surface area contributed by atoms with Crippen LogP contribution in [0.15, 0.2) is 58.7 Å². The molecule has 13 heteroatoms. The molecule has 1 saturated heterocycles. The summed E-state index contributed by atoms with van der Waals surface area (Å²) in [4.78, 5) is 38.6. The van der Waals surface area contributed by atoms with Crippen molar-refractivity contribution in [2.45, 2.75) is 19.6 Å². The highest BCUT2D eigenvalue weighted by Gasteiger charge is 2.37. The molecule has 0 bridgehead atoms. The molecule has 2 atom stereocenters. The normalized spacial score (nSPS) is 24.3. The Hall–Kier alpha value is -4.09. The van der Waals surface area contributed by atoms with Gasteiger partial charge in [0.15, 0.2) is 12.2 Å². The maximum absolute atomic E-state index is 15.2. The quantitative estimate of drug-likeness (QED) is 0.337. The second-order valence-corrected chi connectivity index (χ2v) is 7.95. The number of cyclic esters (lactones) is 1. The molecule has 0 N–H and O–H groups in total. The summed E-state index contributed by atoms with van der Waals surface area (Å²) < 4.78 is 26.5. The van der Waals surface area contributed by atoms with Crippen LogP contribution in [0.2, 0.25) is 0 Å². The number of nitrogens with zero attached hydrogens (tertiary/aromatic N) is 7. The van der Waals surface area contributed by atoms with E-state index in [-0.39, 0.29) is 29.9 Å². The van der Waals surface area contributed by atoms with Crippen LogP contribution >= 0.6 is 0 Å². The molecular formula is C21H23FN7O5+. The van der Waals surface area contributed by atoms with Gasteiger partial charge in [-0.25, -0.2) is 18.7 Å². The molecule has 1 aromatic heterocycles. The third-order valence-corrected chi connectivity index (χ3v) is 5.47. The Balaban J connectivity index is 1.42. The summed E-state index contributed by atoms with van der Waals surface area (Å²) in [5, 5.41) is 11.8. The molecule has 34 heavy (non-hydrogen) atoms. The van der Waals surface area contributed by atoms with Crippen LogP contribution < -0.4 is 0 Å². The Morgan fingerprint density at radius 2 is 2.24 bits per heavy atom. The molecule has 1 aromatic rings. The van der Waals surface area contributed by atoms with Crippen LogP contribution in [0.4, 0.5) is 9.18 Å². The predicted molar refractivity (Wildman–Crippen MR) is 114 cm³/mol. The van der Waals surface area contributed by atoms with Crippen molar-refractivity contribution in [3.05, 3.63) is 53.6 Å². The number of hydrogen-bond donors (Lipinski definition) is 0. The van der Waals surface area contributed by atoms with E-state index in [1.54, 1.807) is 24.0 Å². The fourth-order valence-electron chi connectivity index (χ4n) is 3.53. The maximum Gasteiger partial charge on any atom is 0.414 e. The van der Waals surface area contributed by atoms with E-state index < -0.39 is 36.5 Å². The first-order chi connectivity index (χ1) is 16.2. The molecule has 2 unspecified atom stereocenters. The zero-order chi connectivity index (χ0) is 24.3. The number of amides is 2. The SMILES string of the molecule is CC(=O)OCC(=O)[N+]1(C)CCN(C2=C=CC=C(N3CC(Cn4ccnn4)OC3=O)C=C2F)C=N1. The lowest BCUT2D eigenvalue weighted by Crippen LogP contribution is -2.53. The van der Waals surface area contributed by atoms with Crippen LogP contribution in [0.5, 0.6) is 0 Å². The van der Waals surface area contributed by atoms with E-state index in [1.165, 1.54) is 41.4 Å². The van der Waals surface area contributed by atoms with Gasteiger partial charge in [-0.3, -0.25) is 9.69 Å². The summed E-state index contributed by atoms with van der Waals surface area (Å²) in [5.74, 6) is -1.58. The standard InChI is InChI=1S/C21H23FN7O5/c1-15(30)33-13-20(31)29(2)9-8-26(14-24-29)19-5-3-4-16(10-18(19)22)28-12-17(34-21(28)32)11-27-7-6-23-25-27/h3-4,6-7,10,14,17H,8-9,11-13H2,1-2H3/q+1. The number of carbonyl (C=O) groups is 3. The lowest BCUT2D eigenvalue weighted by molar-refractivity contribution is -0.843. The summed E-state index contributed by atoms with van der Waals surface area (Å²) in [6.45, 7) is 1.89. The molecular weight excluding hydrogens is 449 g/mol. The monoisotopic (exact) mass is 472 g/mol. The van der Waals surface area contributed by atoms with Crippen LogP contribution in [0.1, 0.15) is 6.92 Å². The summed E-state index contributed by atoms with van der Waals surface area (Å²) in [6, 6.07) is 0. The van der Waals surface area contributed by atoms with Crippen molar-refractivity contribution in [3.63, 3.8) is 0 Å². The minimum absolute atomic E-state index is 0.111. The van der Waals surface area contributed by atoms with Crippen molar-refractivity contribution in [1.82, 2.24) is 24.8 Å². The van der Waals surface area contributed by atoms with Gasteiger partial charge in [0.25, 0.3) is 0 Å². The number of halogens is 1. The molecule has 4 rings (SSSR count). The summed E-state index contributed by atoms with van der Waals surface area (Å²) in [7, 11) is 1.58. The topological polar surface area (TPSA) is 119 Å². The van der Waals surface area contributed by atoms with Gasteiger partial charge in [-0.15, -0.1) is 9.69 Å². The number of quaternary nitrogens is 1. The molecule has 1 fully saturated rings. The maximum atomic E-state index is 15.2. The van der Waals surface area contributed by atoms with Gasteiger partial charge < -0.3 is 14.4 Å². The highest BCUT2D eigenvalue weighted by atomic mass is 19.1. The summed E-state index contributed by atoms with van der Waals surface area (Å²) in [6.07, 6.45) is 7.79. The van der Waals surface area contributed by atoms with Crippen molar-refractivity contribution in [2.24, 2.45) is 5.10 Å². The highest BCUT2D eigenvalue weighted by molar-refractivity contribution is 5.76. The number of esters is 1. The van der Waals surface area contributed by atoms with E-state index in [9.17, 15) is 14.4 Å². The minimum Gasteiger partial charge on any atom is -0.451 e. The lowest BCUT2D eigenvalue weighted by atomic mass is 10.2. The van der Waals surface area contributed by atoms with Gasteiger partial charge >= 0.3 is 18.0 Å². The molecule has 12 nitrogen and oxygen atoms in total. The Morgan fingerprint density at radius 1 is 1.41 bits per heavy atom. The number of rotatable bonds is 6. The van der Waals surface area contributed by atoms with E-state index >= 15 is 4.39 Å². The van der Waals surface area contributed by atoms with Gasteiger partial charge in [-0.1, -0.05) is 16.0 Å². The van der Waals surface area contributed by atoms with Crippen LogP contribution in [-0.4, -0.2) is 93.1 Å². The Kier molecular flexibility index (Phi) is 6.39. The van der Waals surface area contributed by atoms with E-state index in [1.807, 2.05) is 0 Å². The molecule has 3 heterocycles. The third kappa shape index (κ3) is 4.95. The van der Waals surface area contributed by atoms with Crippen LogP contribution in [0.3, 0.4) is 0 Å². The van der Waals surface area contributed by atoms with E-state index in [2.05, 4.69) is 21.1 Å². The largest absolute Gasteiger partial charge is 0.451 e. The fraction of sp³-hybridized carbons (Fsp3) is 0.381. The zero-order valence-electron chi connectivity index (χ0n) is 18.6. The van der Waals surface area contributed by atoms with Crippen LogP contribution in [-0.2, 0) is 25.6 Å². The second kappa shape index (κ2) is 9.41. The van der Waals surface area contributed by atoms with Crippen molar-refractivity contribution in [3.8, 4) is 0 Å². The zero-order valence-corrected chi connectivity index (χ0v) is 18.6. The lowest BCUT2D eigenvalue weighted by Gasteiger charge is -2.32. The first-order valence-electron chi connectivity index (χ1n) is 10.5. The van der Waals surface area contributed by atoms with Crippen molar-refractivity contribution in [2.75, 3.05) is 33.3 Å². The smallest absolute Gasteiger partial charge is 0.414 e. The molecule has 2 aliphatic heterocycles. The molecule has 0 radical (unpaired) electrons. The molecule has 0 aromatic carbocycles. The highest BCUT2D eigenvalue weighted by Crippen LogP contribution is 2.26. The Morgan fingerprint density at radius 3 is 2.91 bits per heavy atom. The average molecular weight is 472 g/mol. The first kappa shape index (κ1) is 23.1. The molecule has 2 amide bonds. The van der Waals surface area contributed by atoms with Gasteiger partial charge in [0, 0.05) is 19.2 Å². The number of likely N-dealkylation sites (N-methyl/N-ethyl adjacent to an activating group) is 1. The molecule has 1 aliphatic carbocycles. The van der Waals surface area contributed by atoms with E-state index in [0.29, 0.717) is 12.2 Å². The van der Waals surface area contributed by atoms with Crippen LogP contribution in [0, 0.1) is 0 Å². The van der Waals surface area contributed by atoms with E-state index in [4.69, 9.17) is 9.47 Å². The number of aromatic nitrogens is 3. The number of ether oxygens (including phenoxy) is 2. The second-order valence-electron chi connectivity index (χ2n) is 7.95. The molecule has 0 saturated carbocycles. The van der Waals surface area contributed by atoms with Gasteiger partial charge in [-0.2, -0.15) is 0 Å². The van der Waals surface area contributed by atoms with Gasteiger partial charge in [0.1, 0.15) is 25.4 Å². The van der Waals surface area contributed by atoms with E-state index in [0.717, 1.165) is 0 Å². The summed E-state index contributed by atoms with van der Waals surface area (Å²) in [5.41, 5.74) is 3.29. The minimum atomic E-state index is -0.624. The fourth-order valence-corrected chi connectivity index (χ4v) is 3.53. The number of carbonyl (C=O) groups excluding carboxylic acids is 3. The van der Waals surface area contributed by atoms with Crippen molar-refractivity contribution in [1.29, 1.82) is 0 Å².